The lowest BCUT2D eigenvalue weighted by atomic mass is 10.2. The zero-order chi connectivity index (χ0) is 18.7. The van der Waals surface area contributed by atoms with Gasteiger partial charge >= 0.3 is 5.97 Å². The van der Waals surface area contributed by atoms with Crippen LogP contribution in [0.1, 0.15) is 12.5 Å². The maximum absolute atomic E-state index is 11.0. The largest absolute Gasteiger partial charge is 0.491 e. The summed E-state index contributed by atoms with van der Waals surface area (Å²) in [7, 11) is 4.29. The van der Waals surface area contributed by atoms with E-state index in [1.165, 1.54) is 0 Å². The van der Waals surface area contributed by atoms with Gasteiger partial charge in [0, 0.05) is 6.08 Å². The number of rotatable bonds is 12. The van der Waals surface area contributed by atoms with E-state index in [9.17, 15) is 9.90 Å². The molecule has 1 aromatic rings. The molecule has 6 nitrogen and oxygen atoms in total. The Morgan fingerprint density at radius 3 is 2.56 bits per heavy atom. The van der Waals surface area contributed by atoms with E-state index < -0.39 is 12.1 Å². The number of aliphatic hydroxyl groups excluding tert-OH is 1. The molecular weight excluding hydrogens is 322 g/mol. The molecule has 0 aliphatic rings. The van der Waals surface area contributed by atoms with Crippen LogP contribution in [0.4, 0.5) is 0 Å². The van der Waals surface area contributed by atoms with Gasteiger partial charge in [0.1, 0.15) is 31.6 Å². The highest BCUT2D eigenvalue weighted by Crippen LogP contribution is 2.13. The van der Waals surface area contributed by atoms with Crippen molar-refractivity contribution in [2.45, 2.75) is 19.6 Å². The number of carbonyl (C=O) groups is 1. The Balaban J connectivity index is 2.23. The van der Waals surface area contributed by atoms with Crippen molar-refractivity contribution < 1.29 is 28.6 Å². The number of ether oxygens (including phenoxy) is 3. The Morgan fingerprint density at radius 1 is 1.28 bits per heavy atom. The fourth-order valence-corrected chi connectivity index (χ4v) is 1.82. The highest BCUT2D eigenvalue weighted by Gasteiger charge is 2.12. The van der Waals surface area contributed by atoms with Crippen LogP contribution in [0.15, 0.2) is 36.9 Å². The van der Waals surface area contributed by atoms with Gasteiger partial charge in [-0.25, -0.2) is 4.79 Å². The number of nitrogens with zero attached hydrogens (tertiary/aromatic N) is 1. The van der Waals surface area contributed by atoms with Crippen molar-refractivity contribution in [2.24, 2.45) is 0 Å². The summed E-state index contributed by atoms with van der Waals surface area (Å²) in [6.07, 6.45) is 0.453. The summed E-state index contributed by atoms with van der Waals surface area (Å²) in [5.74, 6) is 0.186. The molecule has 0 bridgehead atoms. The van der Waals surface area contributed by atoms with Crippen LogP contribution in [-0.2, 0) is 20.9 Å². The number of hydrogen-bond donors (Lipinski definition) is 1. The van der Waals surface area contributed by atoms with Crippen LogP contribution in [0.5, 0.6) is 5.75 Å². The molecule has 0 saturated heterocycles. The molecule has 1 rings (SSSR count). The lowest BCUT2D eigenvalue weighted by Gasteiger charge is -2.28. The molecule has 0 fully saturated rings. The molecule has 0 amide bonds. The Morgan fingerprint density at radius 2 is 1.96 bits per heavy atom. The minimum Gasteiger partial charge on any atom is -0.491 e. The Labute approximate surface area is 150 Å². The van der Waals surface area contributed by atoms with Crippen molar-refractivity contribution in [1.82, 2.24) is 0 Å². The van der Waals surface area contributed by atoms with Gasteiger partial charge in [-0.1, -0.05) is 18.7 Å². The number of hydrogen-bond acceptors (Lipinski definition) is 5. The minimum atomic E-state index is -0.675. The fourth-order valence-electron chi connectivity index (χ4n) is 1.82. The third-order valence-corrected chi connectivity index (χ3v) is 3.92. The second-order valence-electron chi connectivity index (χ2n) is 6.47. The van der Waals surface area contributed by atoms with E-state index in [0.717, 1.165) is 29.2 Å². The molecule has 1 unspecified atom stereocenters. The van der Waals surface area contributed by atoms with Gasteiger partial charge in [-0.15, -0.1) is 0 Å². The van der Waals surface area contributed by atoms with E-state index in [0.29, 0.717) is 12.4 Å². The quantitative estimate of drug-likeness (QED) is 0.269. The number of esters is 1. The molecule has 0 aliphatic carbocycles. The maximum Gasteiger partial charge on any atom is 0.330 e. The summed E-state index contributed by atoms with van der Waals surface area (Å²) in [6, 6.07) is 7.15. The third kappa shape index (κ3) is 9.24. The highest BCUT2D eigenvalue weighted by molar-refractivity contribution is 5.81. The summed E-state index contributed by atoms with van der Waals surface area (Å²) in [4.78, 5) is 11.0. The van der Waals surface area contributed by atoms with Crippen molar-refractivity contribution in [2.75, 3.05) is 47.0 Å². The molecule has 0 spiro atoms. The average Bonchev–Trinajstić information content (AvgIpc) is 2.62. The standard InChI is InChI=1S/C19H30NO5/c1-5-19(22)25-13-16-7-9-18(10-8-16)24-15-17(21)14-23-12-11-20(3,4)6-2/h5,7-10,17,21H,1,6,11-15H2,2-4H3/q+1. The van der Waals surface area contributed by atoms with Crippen LogP contribution in [0.25, 0.3) is 0 Å². The summed E-state index contributed by atoms with van der Waals surface area (Å²) in [5.41, 5.74) is 0.850. The Bertz CT molecular complexity index is 527. The molecule has 6 heteroatoms. The maximum atomic E-state index is 11.0. The molecule has 0 aromatic heterocycles. The zero-order valence-electron chi connectivity index (χ0n) is 15.4. The van der Waals surface area contributed by atoms with Crippen molar-refractivity contribution in [3.8, 4) is 5.75 Å². The van der Waals surface area contributed by atoms with Crippen LogP contribution < -0.4 is 4.74 Å². The highest BCUT2D eigenvalue weighted by atomic mass is 16.5. The van der Waals surface area contributed by atoms with Gasteiger partial charge in [-0.05, 0) is 24.6 Å². The van der Waals surface area contributed by atoms with E-state index in [1.54, 1.807) is 24.3 Å². The molecule has 1 aromatic carbocycles. The fraction of sp³-hybridized carbons (Fsp3) is 0.526. The van der Waals surface area contributed by atoms with Gasteiger partial charge in [0.25, 0.3) is 0 Å². The molecule has 0 radical (unpaired) electrons. The van der Waals surface area contributed by atoms with Gasteiger partial charge in [0.15, 0.2) is 0 Å². The van der Waals surface area contributed by atoms with Crippen LogP contribution in [0.2, 0.25) is 0 Å². The lowest BCUT2D eigenvalue weighted by Crippen LogP contribution is -2.42. The first-order chi connectivity index (χ1) is 11.9. The van der Waals surface area contributed by atoms with Gasteiger partial charge in [-0.2, -0.15) is 0 Å². The number of aliphatic hydroxyl groups is 1. The van der Waals surface area contributed by atoms with Crippen molar-refractivity contribution in [3.63, 3.8) is 0 Å². The molecule has 0 aliphatic heterocycles. The van der Waals surface area contributed by atoms with E-state index in [2.05, 4.69) is 27.6 Å². The summed E-state index contributed by atoms with van der Waals surface area (Å²) in [6.45, 7) is 8.63. The smallest absolute Gasteiger partial charge is 0.330 e. The molecule has 1 atom stereocenters. The monoisotopic (exact) mass is 352 g/mol. The predicted molar refractivity (Wildman–Crippen MR) is 96.3 cm³/mol. The summed E-state index contributed by atoms with van der Waals surface area (Å²) in [5, 5.41) is 9.90. The lowest BCUT2D eigenvalue weighted by molar-refractivity contribution is -0.888. The van der Waals surface area contributed by atoms with Crippen LogP contribution in [0.3, 0.4) is 0 Å². The first kappa shape index (κ1) is 21.2. The number of likely N-dealkylation sites (N-methyl/N-ethyl adjacent to an activating group) is 1. The Hall–Kier alpha value is -1.89. The van der Waals surface area contributed by atoms with E-state index >= 15 is 0 Å². The number of carbonyl (C=O) groups excluding carboxylic acids is 1. The first-order valence-electron chi connectivity index (χ1n) is 8.45. The van der Waals surface area contributed by atoms with Gasteiger partial charge in [0.2, 0.25) is 0 Å². The van der Waals surface area contributed by atoms with Crippen LogP contribution in [0, 0.1) is 0 Å². The summed E-state index contributed by atoms with van der Waals surface area (Å²) < 4.78 is 16.9. The zero-order valence-corrected chi connectivity index (χ0v) is 15.4. The van der Waals surface area contributed by atoms with E-state index in [4.69, 9.17) is 14.2 Å². The van der Waals surface area contributed by atoms with Crippen molar-refractivity contribution >= 4 is 5.97 Å². The topological polar surface area (TPSA) is 65.0 Å². The molecule has 140 valence electrons. The molecule has 1 N–H and O–H groups in total. The molecule has 0 heterocycles. The van der Waals surface area contributed by atoms with Gasteiger partial charge in [-0.3, -0.25) is 0 Å². The third-order valence-electron chi connectivity index (χ3n) is 3.92. The van der Waals surface area contributed by atoms with E-state index in [-0.39, 0.29) is 19.8 Å². The Kier molecular flexibility index (Phi) is 9.20. The van der Waals surface area contributed by atoms with Gasteiger partial charge < -0.3 is 23.8 Å². The van der Waals surface area contributed by atoms with Crippen LogP contribution >= 0.6 is 0 Å². The number of quaternary nitrogens is 1. The second kappa shape index (κ2) is 10.9. The van der Waals surface area contributed by atoms with Crippen molar-refractivity contribution in [1.29, 1.82) is 0 Å². The number of benzene rings is 1. The second-order valence-corrected chi connectivity index (χ2v) is 6.47. The van der Waals surface area contributed by atoms with Crippen molar-refractivity contribution in [3.05, 3.63) is 42.5 Å². The average molecular weight is 352 g/mol. The molecule has 0 saturated carbocycles. The van der Waals surface area contributed by atoms with Gasteiger partial charge in [0.05, 0.1) is 33.9 Å². The van der Waals surface area contributed by atoms with Crippen LogP contribution in [-0.4, -0.2) is 68.7 Å². The summed E-state index contributed by atoms with van der Waals surface area (Å²) >= 11 is 0. The predicted octanol–water partition coefficient (Wildman–Crippen LogP) is 1.77. The first-order valence-corrected chi connectivity index (χ1v) is 8.45. The molecular formula is C19H30NO5+. The van der Waals surface area contributed by atoms with E-state index in [1.807, 2.05) is 0 Å². The normalized spacial score (nSPS) is 12.5. The SMILES string of the molecule is C=CC(=O)OCc1ccc(OCC(O)COCC[N+](C)(C)CC)cc1. The molecule has 25 heavy (non-hydrogen) atoms. The minimum absolute atomic E-state index is 0.164.